The number of nitrogens with zero attached hydrogens (tertiary/aromatic N) is 3. The lowest BCUT2D eigenvalue weighted by Crippen LogP contribution is -2.65. The zero-order chi connectivity index (χ0) is 20.9. The van der Waals surface area contributed by atoms with Crippen LogP contribution in [0.25, 0.3) is 0 Å². The predicted octanol–water partition coefficient (Wildman–Crippen LogP) is 5.40. The maximum absolute atomic E-state index is 7.12. The molecule has 162 valence electrons. The van der Waals surface area contributed by atoms with E-state index in [0.29, 0.717) is 11.6 Å². The third-order valence-corrected chi connectivity index (χ3v) is 17.3. The molecule has 0 radical (unpaired) electrons. The first kappa shape index (κ1) is 22.4. The van der Waals surface area contributed by atoms with Crippen LogP contribution >= 0.6 is 0 Å². The van der Waals surface area contributed by atoms with Gasteiger partial charge in [0, 0.05) is 37.8 Å². The Bertz CT molecular complexity index is 599. The molecule has 2 heterocycles. The molecule has 0 spiro atoms. The standard InChI is InChI=1S/C22H45N3OSi2/c1-17-16-19(26-28(8,9)22(3,4)5)20(18(17)2)27(6,7)25-15-11-14-24-13-10-12-23-21(24)25/h17-20H,10-16H2,1-9H3. The molecule has 0 aromatic heterocycles. The first-order valence-electron chi connectivity index (χ1n) is 11.6. The molecule has 4 atom stereocenters. The highest BCUT2D eigenvalue weighted by Gasteiger charge is 2.54. The highest BCUT2D eigenvalue weighted by Crippen LogP contribution is 2.52. The van der Waals surface area contributed by atoms with E-state index < -0.39 is 16.6 Å². The second-order valence-corrected chi connectivity index (χ2v) is 21.0. The summed E-state index contributed by atoms with van der Waals surface area (Å²) in [5.74, 6) is 2.81. The van der Waals surface area contributed by atoms with E-state index in [2.05, 4.69) is 70.3 Å². The molecule has 0 aromatic carbocycles. The molecule has 3 aliphatic rings. The number of rotatable bonds is 4. The van der Waals surface area contributed by atoms with E-state index in [1.54, 1.807) is 0 Å². The van der Waals surface area contributed by atoms with Gasteiger partial charge in [-0.25, -0.2) is 0 Å². The molecular formula is C22H45N3OSi2. The van der Waals surface area contributed by atoms with Crippen molar-refractivity contribution >= 4 is 22.5 Å². The van der Waals surface area contributed by atoms with E-state index in [9.17, 15) is 0 Å². The fraction of sp³-hybridized carbons (Fsp3) is 0.955. The van der Waals surface area contributed by atoms with Crippen LogP contribution in [0.4, 0.5) is 0 Å². The number of hydrogen-bond acceptors (Lipinski definition) is 4. The first-order chi connectivity index (χ1) is 12.9. The van der Waals surface area contributed by atoms with Crippen LogP contribution in [0.3, 0.4) is 0 Å². The van der Waals surface area contributed by atoms with Gasteiger partial charge in [-0.15, -0.1) is 0 Å². The topological polar surface area (TPSA) is 28.1 Å². The van der Waals surface area contributed by atoms with E-state index in [1.807, 2.05) is 0 Å². The van der Waals surface area contributed by atoms with Crippen molar-refractivity contribution in [2.45, 2.75) is 96.8 Å². The predicted molar refractivity (Wildman–Crippen MR) is 126 cm³/mol. The maximum Gasteiger partial charge on any atom is 0.192 e. The van der Waals surface area contributed by atoms with Gasteiger partial charge in [0.1, 0.15) is 0 Å². The minimum absolute atomic E-state index is 0.272. The van der Waals surface area contributed by atoms with Crippen molar-refractivity contribution in [3.05, 3.63) is 0 Å². The summed E-state index contributed by atoms with van der Waals surface area (Å²) in [6.07, 6.45) is 4.15. The van der Waals surface area contributed by atoms with Crippen molar-refractivity contribution in [2.24, 2.45) is 16.8 Å². The molecule has 0 N–H and O–H groups in total. The Morgan fingerprint density at radius 3 is 2.29 bits per heavy atom. The Balaban J connectivity index is 1.90. The molecule has 4 unspecified atom stereocenters. The van der Waals surface area contributed by atoms with E-state index in [0.717, 1.165) is 18.4 Å². The van der Waals surface area contributed by atoms with Gasteiger partial charge in [-0.05, 0) is 49.2 Å². The molecule has 2 fully saturated rings. The minimum atomic E-state index is -1.77. The molecule has 0 bridgehead atoms. The molecule has 28 heavy (non-hydrogen) atoms. The zero-order valence-electron chi connectivity index (χ0n) is 20.0. The van der Waals surface area contributed by atoms with Gasteiger partial charge in [0.2, 0.25) is 0 Å². The SMILES string of the molecule is CC1CC(O[Si](C)(C)C(C)(C)C)C([Si](C)(C)N2CCCN3CCCN=C32)C1C. The van der Waals surface area contributed by atoms with Crippen LogP contribution in [-0.4, -0.2) is 64.3 Å². The van der Waals surface area contributed by atoms with Gasteiger partial charge in [-0.2, -0.15) is 0 Å². The van der Waals surface area contributed by atoms with Crippen LogP contribution in [0.1, 0.15) is 53.9 Å². The van der Waals surface area contributed by atoms with Gasteiger partial charge in [0.05, 0.1) is 0 Å². The summed E-state index contributed by atoms with van der Waals surface area (Å²) in [6, 6.07) is 0. The molecule has 2 aliphatic heterocycles. The number of guanidine groups is 1. The van der Waals surface area contributed by atoms with Gasteiger partial charge in [-0.3, -0.25) is 4.99 Å². The van der Waals surface area contributed by atoms with E-state index >= 15 is 0 Å². The lowest BCUT2D eigenvalue weighted by molar-refractivity contribution is 0.175. The van der Waals surface area contributed by atoms with Crippen molar-refractivity contribution in [1.29, 1.82) is 0 Å². The van der Waals surface area contributed by atoms with Gasteiger partial charge in [0.25, 0.3) is 0 Å². The Labute approximate surface area is 176 Å². The van der Waals surface area contributed by atoms with Gasteiger partial charge in [0.15, 0.2) is 22.5 Å². The molecule has 0 aromatic rings. The quantitative estimate of drug-likeness (QED) is 0.567. The van der Waals surface area contributed by atoms with Crippen LogP contribution in [0.2, 0.25) is 36.8 Å². The lowest BCUT2D eigenvalue weighted by Gasteiger charge is -2.52. The summed E-state index contributed by atoms with van der Waals surface area (Å²) < 4.78 is 9.91. The third kappa shape index (κ3) is 3.98. The Hall–Kier alpha value is -0.336. The molecular weight excluding hydrogens is 378 g/mol. The monoisotopic (exact) mass is 423 g/mol. The van der Waals surface area contributed by atoms with Crippen LogP contribution < -0.4 is 0 Å². The molecule has 3 rings (SSSR count). The summed E-state index contributed by atoms with van der Waals surface area (Å²) in [5.41, 5.74) is 0.682. The average molecular weight is 424 g/mol. The molecule has 6 heteroatoms. The smallest absolute Gasteiger partial charge is 0.192 e. The second kappa shape index (κ2) is 7.73. The average Bonchev–Trinajstić information content (AvgIpc) is 2.87. The van der Waals surface area contributed by atoms with Gasteiger partial charge >= 0.3 is 0 Å². The van der Waals surface area contributed by atoms with Crippen LogP contribution in [0, 0.1) is 11.8 Å². The van der Waals surface area contributed by atoms with Crippen LogP contribution in [-0.2, 0) is 4.43 Å². The Kier molecular flexibility index (Phi) is 6.17. The maximum atomic E-state index is 7.12. The van der Waals surface area contributed by atoms with Gasteiger partial charge in [-0.1, -0.05) is 47.7 Å². The normalized spacial score (nSPS) is 32.4. The molecule has 0 amide bonds. The Morgan fingerprint density at radius 1 is 1.00 bits per heavy atom. The van der Waals surface area contributed by atoms with E-state index in [1.165, 1.54) is 44.9 Å². The lowest BCUT2D eigenvalue weighted by atomic mass is 10.0. The van der Waals surface area contributed by atoms with Crippen molar-refractivity contribution in [3.8, 4) is 0 Å². The largest absolute Gasteiger partial charge is 0.414 e. The van der Waals surface area contributed by atoms with E-state index in [4.69, 9.17) is 9.42 Å². The van der Waals surface area contributed by atoms with Crippen LogP contribution in [0.15, 0.2) is 4.99 Å². The van der Waals surface area contributed by atoms with Crippen molar-refractivity contribution in [3.63, 3.8) is 0 Å². The third-order valence-electron chi connectivity index (χ3n) is 8.41. The number of fused-ring (bicyclic) bond motifs is 1. The molecule has 4 nitrogen and oxygen atoms in total. The summed E-state index contributed by atoms with van der Waals surface area (Å²) in [4.78, 5) is 7.59. The molecule has 1 saturated heterocycles. The minimum Gasteiger partial charge on any atom is -0.414 e. The fourth-order valence-corrected chi connectivity index (χ4v) is 11.6. The number of hydrogen-bond donors (Lipinski definition) is 0. The second-order valence-electron chi connectivity index (χ2n) is 11.7. The number of aliphatic imine (C=N–C) groups is 1. The molecule has 1 aliphatic carbocycles. The summed E-state index contributed by atoms with van der Waals surface area (Å²) in [7, 11) is -3.52. The van der Waals surface area contributed by atoms with Crippen LogP contribution in [0.5, 0.6) is 0 Å². The zero-order valence-corrected chi connectivity index (χ0v) is 22.0. The van der Waals surface area contributed by atoms with Crippen molar-refractivity contribution in [2.75, 3.05) is 26.2 Å². The summed E-state index contributed by atoms with van der Waals surface area (Å²) >= 11 is 0. The summed E-state index contributed by atoms with van der Waals surface area (Å²) in [5, 5.41) is 0.272. The first-order valence-corrected chi connectivity index (χ1v) is 17.5. The van der Waals surface area contributed by atoms with E-state index in [-0.39, 0.29) is 5.04 Å². The Morgan fingerprint density at radius 2 is 1.64 bits per heavy atom. The molecule has 1 saturated carbocycles. The highest BCUT2D eigenvalue weighted by atomic mass is 28.4. The van der Waals surface area contributed by atoms with Crippen molar-refractivity contribution in [1.82, 2.24) is 9.47 Å². The van der Waals surface area contributed by atoms with Gasteiger partial charge < -0.3 is 13.9 Å². The van der Waals surface area contributed by atoms with Crippen molar-refractivity contribution < 1.29 is 4.43 Å². The summed E-state index contributed by atoms with van der Waals surface area (Å²) in [6.45, 7) is 26.7. The fourth-order valence-electron chi connectivity index (χ4n) is 5.55. The highest BCUT2D eigenvalue weighted by molar-refractivity contribution is 6.79.